The van der Waals surface area contributed by atoms with Crippen LogP contribution in [0.5, 0.6) is 28.7 Å². The van der Waals surface area contributed by atoms with Crippen LogP contribution >= 0.6 is 0 Å². The third-order valence-corrected chi connectivity index (χ3v) is 6.77. The van der Waals surface area contributed by atoms with Gasteiger partial charge in [0.1, 0.15) is 28.7 Å². The number of hydrogen-bond donors (Lipinski definition) is 0. The molecule has 0 atom stereocenters. The molecule has 0 aliphatic carbocycles. The van der Waals surface area contributed by atoms with E-state index in [2.05, 4.69) is 0 Å². The van der Waals surface area contributed by atoms with Crippen molar-refractivity contribution in [2.24, 2.45) is 0 Å². The smallest absolute Gasteiger partial charge is 0.292 e. The molecule has 174 valence electrons. The van der Waals surface area contributed by atoms with Gasteiger partial charge in [0.05, 0.1) is 9.79 Å². The van der Waals surface area contributed by atoms with Gasteiger partial charge in [0, 0.05) is 5.56 Å². The van der Waals surface area contributed by atoms with Crippen LogP contribution in [0, 0.1) is 11.5 Å². The van der Waals surface area contributed by atoms with Crippen molar-refractivity contribution in [3.8, 4) is 35.0 Å². The summed E-state index contributed by atoms with van der Waals surface area (Å²) in [6.45, 7) is 1.93. The largest absolute Gasteiger partial charge is 0.457 e. The second-order valence-corrected chi connectivity index (χ2v) is 9.30. The van der Waals surface area contributed by atoms with Crippen molar-refractivity contribution >= 4 is 15.9 Å². The molecule has 0 radical (unpaired) electrons. The number of allylic oxidation sites excluding steroid dienone is 1. The maximum Gasteiger partial charge on any atom is 0.292 e. The first-order valence-corrected chi connectivity index (χ1v) is 12.2. The lowest BCUT2D eigenvalue weighted by Crippen LogP contribution is -2.02. The van der Waals surface area contributed by atoms with E-state index in [0.717, 1.165) is 5.56 Å². The number of benzene rings is 4. The van der Waals surface area contributed by atoms with Gasteiger partial charge in [-0.2, -0.15) is 0 Å². The van der Waals surface area contributed by atoms with Gasteiger partial charge in [-0.1, -0.05) is 30.4 Å². The number of sulfone groups is 1. The van der Waals surface area contributed by atoms with Crippen LogP contribution in [0.2, 0.25) is 0 Å². The van der Waals surface area contributed by atoms with Crippen molar-refractivity contribution in [3.63, 3.8) is 0 Å². The minimum absolute atomic E-state index is 0.148. The van der Waals surface area contributed by atoms with Crippen LogP contribution in [0.4, 0.5) is 0 Å². The van der Waals surface area contributed by atoms with E-state index in [-0.39, 0.29) is 9.79 Å². The Balaban J connectivity index is 1.47. The number of para-hydroxylation sites is 1. The molecule has 0 spiro atoms. The number of ether oxygens (including phenoxy) is 3. The van der Waals surface area contributed by atoms with Gasteiger partial charge in [0.2, 0.25) is 9.84 Å². The molecule has 0 unspecified atom stereocenters. The van der Waals surface area contributed by atoms with E-state index in [1.807, 2.05) is 43.3 Å². The summed E-state index contributed by atoms with van der Waals surface area (Å²) in [5.74, 6) is 2.62. The average molecular weight is 484 g/mol. The molecule has 0 amide bonds. The van der Waals surface area contributed by atoms with Crippen molar-refractivity contribution in [2.75, 3.05) is 0 Å². The molecular formula is C28H21NO5S. The van der Waals surface area contributed by atoms with Crippen LogP contribution in [0.15, 0.2) is 113 Å². The lowest BCUT2D eigenvalue weighted by atomic mass is 10.2. The van der Waals surface area contributed by atoms with Gasteiger partial charge in [-0.15, -0.1) is 5.26 Å². The first-order valence-electron chi connectivity index (χ1n) is 10.7. The highest BCUT2D eigenvalue weighted by molar-refractivity contribution is 7.91. The number of rotatable bonds is 8. The van der Waals surface area contributed by atoms with E-state index in [9.17, 15) is 8.42 Å². The molecule has 0 saturated heterocycles. The van der Waals surface area contributed by atoms with Crippen LogP contribution in [0.1, 0.15) is 12.5 Å². The zero-order chi connectivity index (χ0) is 24.7. The van der Waals surface area contributed by atoms with E-state index >= 15 is 0 Å². The van der Waals surface area contributed by atoms with Crippen molar-refractivity contribution in [1.82, 2.24) is 0 Å². The molecule has 6 nitrogen and oxygen atoms in total. The summed E-state index contributed by atoms with van der Waals surface area (Å²) >= 11 is 0. The Morgan fingerprint density at radius 2 is 1.17 bits per heavy atom. The minimum Gasteiger partial charge on any atom is -0.457 e. The lowest BCUT2D eigenvalue weighted by molar-refractivity contribution is 0.476. The van der Waals surface area contributed by atoms with Gasteiger partial charge in [-0.3, -0.25) is 0 Å². The van der Waals surface area contributed by atoms with Crippen LogP contribution < -0.4 is 14.2 Å². The zero-order valence-corrected chi connectivity index (χ0v) is 19.6. The topological polar surface area (TPSA) is 85.6 Å². The van der Waals surface area contributed by atoms with E-state index in [1.165, 1.54) is 24.3 Å². The Bertz CT molecular complexity index is 1470. The Morgan fingerprint density at radius 1 is 0.686 bits per heavy atom. The highest BCUT2D eigenvalue weighted by atomic mass is 32.2. The van der Waals surface area contributed by atoms with E-state index in [0.29, 0.717) is 28.7 Å². The molecule has 0 aromatic heterocycles. The number of nitrogens with zero attached hydrogens (tertiary/aromatic N) is 1. The third-order valence-electron chi connectivity index (χ3n) is 4.98. The molecule has 0 aliphatic heterocycles. The second kappa shape index (κ2) is 10.6. The molecule has 35 heavy (non-hydrogen) atoms. The van der Waals surface area contributed by atoms with Gasteiger partial charge in [-0.25, -0.2) is 8.42 Å². The highest BCUT2D eigenvalue weighted by Gasteiger charge is 2.18. The maximum atomic E-state index is 13.1. The molecule has 0 N–H and O–H groups in total. The van der Waals surface area contributed by atoms with Crippen LogP contribution in [-0.2, 0) is 9.84 Å². The maximum absolute atomic E-state index is 13.1. The summed E-state index contributed by atoms with van der Waals surface area (Å²) in [5, 5.41) is 8.54. The van der Waals surface area contributed by atoms with Gasteiger partial charge in [0.15, 0.2) is 0 Å². The molecular weight excluding hydrogens is 462 g/mol. The Labute approximate surface area is 204 Å². The minimum atomic E-state index is -3.72. The van der Waals surface area contributed by atoms with E-state index in [1.54, 1.807) is 54.8 Å². The predicted molar refractivity (Wildman–Crippen MR) is 132 cm³/mol. The van der Waals surface area contributed by atoms with Gasteiger partial charge >= 0.3 is 0 Å². The summed E-state index contributed by atoms with van der Waals surface area (Å²) in [4.78, 5) is 0.308. The average Bonchev–Trinajstić information content (AvgIpc) is 2.87. The van der Waals surface area contributed by atoms with Crippen LogP contribution in [0.3, 0.4) is 0 Å². The van der Waals surface area contributed by atoms with Crippen molar-refractivity contribution in [2.45, 2.75) is 16.7 Å². The SMILES string of the molecule is C/C=C/c1ccccc1Oc1ccc(S(=O)(=O)c2ccc(Oc3ccc(OC#N)cc3)cc2)cc1. The summed E-state index contributed by atoms with van der Waals surface area (Å²) in [6.07, 6.45) is 5.47. The van der Waals surface area contributed by atoms with Crippen molar-refractivity contribution < 1.29 is 22.6 Å². The predicted octanol–water partition coefficient (Wildman–Crippen LogP) is 7.00. The van der Waals surface area contributed by atoms with Crippen molar-refractivity contribution in [1.29, 1.82) is 5.26 Å². The third kappa shape index (κ3) is 5.69. The molecule has 4 aromatic rings. The molecule has 7 heteroatoms. The highest BCUT2D eigenvalue weighted by Crippen LogP contribution is 2.30. The van der Waals surface area contributed by atoms with Gasteiger partial charge in [-0.05, 0) is 85.8 Å². The normalized spacial score (nSPS) is 11.1. The van der Waals surface area contributed by atoms with Crippen molar-refractivity contribution in [3.05, 3.63) is 109 Å². The fourth-order valence-corrected chi connectivity index (χ4v) is 4.55. The summed E-state index contributed by atoms with van der Waals surface area (Å²) in [7, 11) is -3.72. The Kier molecular flexibility index (Phi) is 7.15. The Hall–Kier alpha value is -4.54. The summed E-state index contributed by atoms with van der Waals surface area (Å²) in [5.41, 5.74) is 0.931. The zero-order valence-electron chi connectivity index (χ0n) is 18.8. The summed E-state index contributed by atoms with van der Waals surface area (Å²) in [6, 6.07) is 26.6. The van der Waals surface area contributed by atoms with Gasteiger partial charge < -0.3 is 14.2 Å². The molecule has 0 heterocycles. The molecule has 4 aromatic carbocycles. The van der Waals surface area contributed by atoms with Crippen LogP contribution in [-0.4, -0.2) is 8.42 Å². The molecule has 4 rings (SSSR count). The first-order chi connectivity index (χ1) is 17.0. The lowest BCUT2D eigenvalue weighted by Gasteiger charge is -2.10. The molecule has 0 bridgehead atoms. The molecule has 0 fully saturated rings. The number of nitriles is 1. The molecule has 0 aliphatic rings. The molecule has 0 saturated carbocycles. The van der Waals surface area contributed by atoms with E-state index < -0.39 is 9.84 Å². The Morgan fingerprint density at radius 3 is 1.71 bits per heavy atom. The quantitative estimate of drug-likeness (QED) is 0.251. The monoisotopic (exact) mass is 483 g/mol. The number of hydrogen-bond acceptors (Lipinski definition) is 6. The van der Waals surface area contributed by atoms with E-state index in [4.69, 9.17) is 19.5 Å². The standard InChI is InChI=1S/C28H21NO5S/c1-2-5-21-6-3-4-7-28(21)34-25-14-18-27(19-15-25)35(30,31)26-16-12-24(13-17-26)33-23-10-8-22(9-11-23)32-20-29/h2-19H,1H3/b5-2+. The fraction of sp³-hybridized carbons (Fsp3) is 0.0357. The first kappa shape index (κ1) is 23.6. The fourth-order valence-electron chi connectivity index (χ4n) is 3.29. The van der Waals surface area contributed by atoms with Crippen LogP contribution in [0.25, 0.3) is 6.08 Å². The second-order valence-electron chi connectivity index (χ2n) is 7.35. The summed E-state index contributed by atoms with van der Waals surface area (Å²) < 4.78 is 42.6. The van der Waals surface area contributed by atoms with Gasteiger partial charge in [0.25, 0.3) is 6.26 Å².